The van der Waals surface area contributed by atoms with E-state index >= 15 is 0 Å². The first-order valence-corrected chi connectivity index (χ1v) is 7.80. The van der Waals surface area contributed by atoms with E-state index in [1.807, 2.05) is 26.2 Å². The van der Waals surface area contributed by atoms with Crippen molar-refractivity contribution in [3.63, 3.8) is 0 Å². The molecule has 2 rings (SSSR count). The summed E-state index contributed by atoms with van der Waals surface area (Å²) in [6.07, 6.45) is 5.45. The second-order valence-corrected chi connectivity index (χ2v) is 6.06. The van der Waals surface area contributed by atoms with Gasteiger partial charge in [0.05, 0.1) is 0 Å². The smallest absolute Gasteiger partial charge is 0.121 e. The van der Waals surface area contributed by atoms with E-state index in [1.54, 1.807) is 0 Å². The van der Waals surface area contributed by atoms with Gasteiger partial charge in [-0.25, -0.2) is 0 Å². The SMILES string of the molecule is CC1CCCCC1NCCOc1cccc(N(C)C)c1. The van der Waals surface area contributed by atoms with E-state index in [4.69, 9.17) is 4.74 Å². The zero-order valence-corrected chi connectivity index (χ0v) is 13.1. The third-order valence-electron chi connectivity index (χ3n) is 4.22. The number of rotatable bonds is 6. The summed E-state index contributed by atoms with van der Waals surface area (Å²) in [4.78, 5) is 2.09. The van der Waals surface area contributed by atoms with E-state index < -0.39 is 0 Å². The Kier molecular flexibility index (Phi) is 5.72. The topological polar surface area (TPSA) is 24.5 Å². The lowest BCUT2D eigenvalue weighted by atomic mass is 9.86. The number of benzene rings is 1. The minimum Gasteiger partial charge on any atom is -0.492 e. The van der Waals surface area contributed by atoms with Crippen LogP contribution in [0.5, 0.6) is 5.75 Å². The lowest BCUT2D eigenvalue weighted by Crippen LogP contribution is -2.39. The average molecular weight is 276 g/mol. The number of nitrogens with zero attached hydrogens (tertiary/aromatic N) is 1. The minimum atomic E-state index is 0.681. The van der Waals surface area contributed by atoms with Gasteiger partial charge in [-0.05, 0) is 30.9 Å². The summed E-state index contributed by atoms with van der Waals surface area (Å²) in [6.45, 7) is 4.03. The van der Waals surface area contributed by atoms with Gasteiger partial charge in [0.15, 0.2) is 0 Å². The second kappa shape index (κ2) is 7.53. The van der Waals surface area contributed by atoms with Crippen molar-refractivity contribution in [2.75, 3.05) is 32.1 Å². The maximum absolute atomic E-state index is 5.83. The monoisotopic (exact) mass is 276 g/mol. The van der Waals surface area contributed by atoms with Crippen molar-refractivity contribution in [2.45, 2.75) is 38.6 Å². The minimum absolute atomic E-state index is 0.681. The van der Waals surface area contributed by atoms with Gasteiger partial charge in [0.1, 0.15) is 12.4 Å². The Balaban J connectivity index is 1.71. The Labute approximate surface area is 123 Å². The average Bonchev–Trinajstić information content (AvgIpc) is 2.45. The predicted molar refractivity (Wildman–Crippen MR) is 85.7 cm³/mol. The van der Waals surface area contributed by atoms with Gasteiger partial charge < -0.3 is 15.0 Å². The summed E-state index contributed by atoms with van der Waals surface area (Å²) >= 11 is 0. The molecule has 0 spiro atoms. The van der Waals surface area contributed by atoms with E-state index in [0.717, 1.165) is 24.8 Å². The van der Waals surface area contributed by atoms with E-state index in [1.165, 1.54) is 31.4 Å². The predicted octanol–water partition coefficient (Wildman–Crippen LogP) is 3.30. The molecule has 0 amide bonds. The van der Waals surface area contributed by atoms with Crippen molar-refractivity contribution in [2.24, 2.45) is 5.92 Å². The number of anilines is 1. The van der Waals surface area contributed by atoms with Gasteiger partial charge in [-0.15, -0.1) is 0 Å². The van der Waals surface area contributed by atoms with Crippen LogP contribution in [0.4, 0.5) is 5.69 Å². The molecule has 1 aliphatic rings. The molecule has 0 aromatic heterocycles. The highest BCUT2D eigenvalue weighted by Crippen LogP contribution is 2.23. The summed E-state index contributed by atoms with van der Waals surface area (Å²) in [5.74, 6) is 1.76. The van der Waals surface area contributed by atoms with Gasteiger partial charge in [-0.2, -0.15) is 0 Å². The Morgan fingerprint density at radius 2 is 2.05 bits per heavy atom. The van der Waals surface area contributed by atoms with Crippen LogP contribution < -0.4 is 15.0 Å². The number of ether oxygens (including phenoxy) is 1. The van der Waals surface area contributed by atoms with Gasteiger partial charge in [0.25, 0.3) is 0 Å². The fourth-order valence-electron chi connectivity index (χ4n) is 2.88. The fraction of sp³-hybridized carbons (Fsp3) is 0.647. The van der Waals surface area contributed by atoms with Crippen molar-refractivity contribution in [3.05, 3.63) is 24.3 Å². The van der Waals surface area contributed by atoms with Crippen LogP contribution >= 0.6 is 0 Å². The number of hydrogen-bond acceptors (Lipinski definition) is 3. The molecule has 0 radical (unpaired) electrons. The maximum atomic E-state index is 5.83. The van der Waals surface area contributed by atoms with E-state index in [9.17, 15) is 0 Å². The molecule has 2 unspecified atom stereocenters. The van der Waals surface area contributed by atoms with Crippen molar-refractivity contribution in [3.8, 4) is 5.75 Å². The molecule has 3 nitrogen and oxygen atoms in total. The highest BCUT2D eigenvalue weighted by Gasteiger charge is 2.20. The van der Waals surface area contributed by atoms with Crippen LogP contribution in [0.3, 0.4) is 0 Å². The summed E-state index contributed by atoms with van der Waals surface area (Å²) in [7, 11) is 4.09. The molecule has 0 aliphatic heterocycles. The molecular weight excluding hydrogens is 248 g/mol. The lowest BCUT2D eigenvalue weighted by Gasteiger charge is -2.29. The van der Waals surface area contributed by atoms with Crippen LogP contribution in [0.1, 0.15) is 32.6 Å². The molecule has 20 heavy (non-hydrogen) atoms. The first kappa shape index (κ1) is 15.2. The summed E-state index contributed by atoms with van der Waals surface area (Å²) in [6, 6.07) is 8.93. The second-order valence-electron chi connectivity index (χ2n) is 6.06. The quantitative estimate of drug-likeness (QED) is 0.807. The van der Waals surface area contributed by atoms with Gasteiger partial charge in [-0.3, -0.25) is 0 Å². The molecular formula is C17H28N2O. The molecule has 1 aromatic rings. The Bertz CT molecular complexity index is 406. The third kappa shape index (κ3) is 4.41. The van der Waals surface area contributed by atoms with Crippen LogP contribution in [0.15, 0.2) is 24.3 Å². The van der Waals surface area contributed by atoms with E-state index in [-0.39, 0.29) is 0 Å². The molecule has 1 aromatic carbocycles. The summed E-state index contributed by atoms with van der Waals surface area (Å²) in [5, 5.41) is 3.64. The summed E-state index contributed by atoms with van der Waals surface area (Å²) in [5.41, 5.74) is 1.18. The molecule has 1 N–H and O–H groups in total. The lowest BCUT2D eigenvalue weighted by molar-refractivity contribution is 0.251. The van der Waals surface area contributed by atoms with Crippen LogP contribution in [-0.2, 0) is 0 Å². The molecule has 0 heterocycles. The largest absolute Gasteiger partial charge is 0.492 e. The number of nitrogens with one attached hydrogen (secondary N) is 1. The Morgan fingerprint density at radius 1 is 1.25 bits per heavy atom. The van der Waals surface area contributed by atoms with Gasteiger partial charge in [-0.1, -0.05) is 25.8 Å². The Hall–Kier alpha value is -1.22. The van der Waals surface area contributed by atoms with Crippen LogP contribution in [-0.4, -0.2) is 33.3 Å². The van der Waals surface area contributed by atoms with Crippen LogP contribution in [0.25, 0.3) is 0 Å². The highest BCUT2D eigenvalue weighted by atomic mass is 16.5. The zero-order chi connectivity index (χ0) is 14.4. The molecule has 0 bridgehead atoms. The van der Waals surface area contributed by atoms with Crippen molar-refractivity contribution >= 4 is 5.69 Å². The zero-order valence-electron chi connectivity index (χ0n) is 13.1. The standard InChI is InChI=1S/C17H28N2O/c1-14-7-4-5-10-17(14)18-11-12-20-16-9-6-8-15(13-16)19(2)3/h6,8-9,13-14,17-18H,4-5,7,10-12H2,1-3H3. The van der Waals surface area contributed by atoms with Crippen molar-refractivity contribution < 1.29 is 4.74 Å². The first-order chi connectivity index (χ1) is 9.66. The fourth-order valence-corrected chi connectivity index (χ4v) is 2.88. The molecule has 1 saturated carbocycles. The molecule has 1 fully saturated rings. The van der Waals surface area contributed by atoms with Gasteiger partial charge in [0, 0.05) is 38.4 Å². The van der Waals surface area contributed by atoms with E-state index in [2.05, 4.69) is 29.3 Å². The molecule has 1 aliphatic carbocycles. The van der Waals surface area contributed by atoms with Crippen molar-refractivity contribution in [1.82, 2.24) is 5.32 Å². The third-order valence-corrected chi connectivity index (χ3v) is 4.22. The van der Waals surface area contributed by atoms with Crippen LogP contribution in [0.2, 0.25) is 0 Å². The molecule has 112 valence electrons. The Morgan fingerprint density at radius 3 is 2.80 bits per heavy atom. The van der Waals surface area contributed by atoms with Crippen molar-refractivity contribution in [1.29, 1.82) is 0 Å². The van der Waals surface area contributed by atoms with E-state index in [0.29, 0.717) is 6.04 Å². The molecule has 0 saturated heterocycles. The van der Waals surface area contributed by atoms with Gasteiger partial charge >= 0.3 is 0 Å². The highest BCUT2D eigenvalue weighted by molar-refractivity contribution is 5.49. The normalized spacial score (nSPS) is 22.6. The first-order valence-electron chi connectivity index (χ1n) is 7.80. The maximum Gasteiger partial charge on any atom is 0.121 e. The molecule has 2 atom stereocenters. The van der Waals surface area contributed by atoms with Gasteiger partial charge in [0.2, 0.25) is 0 Å². The van der Waals surface area contributed by atoms with Crippen LogP contribution in [0, 0.1) is 5.92 Å². The molecule has 3 heteroatoms. The number of hydrogen-bond donors (Lipinski definition) is 1. The summed E-state index contributed by atoms with van der Waals surface area (Å²) < 4.78 is 5.83.